The number of nitrogens with one attached hydrogen (secondary N) is 1. The number of rotatable bonds is 4. The number of morpholine rings is 1. The van der Waals surface area contributed by atoms with Gasteiger partial charge in [0, 0.05) is 18.0 Å². The highest BCUT2D eigenvalue weighted by Gasteiger charge is 2.21. The molecular weight excluding hydrogens is 360 g/mol. The van der Waals surface area contributed by atoms with Crippen LogP contribution < -0.4 is 9.62 Å². The molecule has 1 atom stereocenters. The number of thiophene rings is 1. The molecule has 3 heterocycles. The molecule has 0 aromatic carbocycles. The second kappa shape index (κ2) is 6.48. The first-order valence-electron chi connectivity index (χ1n) is 7.10. The van der Waals surface area contributed by atoms with Gasteiger partial charge in [-0.15, -0.1) is 11.3 Å². The fourth-order valence-corrected chi connectivity index (χ4v) is 4.60. The van der Waals surface area contributed by atoms with Crippen LogP contribution in [-0.4, -0.2) is 50.9 Å². The van der Waals surface area contributed by atoms with Gasteiger partial charge in [-0.2, -0.15) is 4.98 Å². The quantitative estimate of drug-likeness (QED) is 0.819. The second-order valence-corrected chi connectivity index (χ2v) is 8.58. The Bertz CT molecular complexity index is 818. The van der Waals surface area contributed by atoms with E-state index in [2.05, 4.69) is 19.6 Å². The number of sulfonamides is 1. The summed E-state index contributed by atoms with van der Waals surface area (Å²) in [5.74, 6) is 0.775. The molecule has 2 aromatic rings. The van der Waals surface area contributed by atoms with Crippen LogP contribution in [-0.2, 0) is 14.8 Å². The van der Waals surface area contributed by atoms with Crippen LogP contribution in [0.2, 0.25) is 5.28 Å². The van der Waals surface area contributed by atoms with Gasteiger partial charge in [0.2, 0.25) is 15.3 Å². The summed E-state index contributed by atoms with van der Waals surface area (Å²) in [4.78, 5) is 12.4. The van der Waals surface area contributed by atoms with E-state index in [1.54, 1.807) is 6.92 Å². The number of nitrogens with zero attached hydrogens (tertiary/aromatic N) is 3. The highest BCUT2D eigenvalue weighted by Crippen LogP contribution is 2.35. The van der Waals surface area contributed by atoms with Crippen molar-refractivity contribution in [1.29, 1.82) is 0 Å². The monoisotopic (exact) mass is 376 g/mol. The van der Waals surface area contributed by atoms with Gasteiger partial charge in [-0.3, -0.25) is 0 Å². The van der Waals surface area contributed by atoms with Gasteiger partial charge in [0.15, 0.2) is 0 Å². The summed E-state index contributed by atoms with van der Waals surface area (Å²) in [6.07, 6.45) is 1.15. The standard InChI is InChI=1S/C13H17ClN4O3S2/c1-8(17-23(2,19)20)10-7-9-11(18-3-5-21-6-4-18)15-13(14)16-12(9)22-10/h7-8,17H,3-6H2,1-2H3. The number of hydrogen-bond acceptors (Lipinski definition) is 7. The van der Waals surface area contributed by atoms with Gasteiger partial charge in [-0.25, -0.2) is 18.1 Å². The molecule has 23 heavy (non-hydrogen) atoms. The van der Waals surface area contributed by atoms with E-state index in [1.807, 2.05) is 6.07 Å². The number of hydrogen-bond donors (Lipinski definition) is 1. The summed E-state index contributed by atoms with van der Waals surface area (Å²) in [5, 5.41) is 1.08. The van der Waals surface area contributed by atoms with E-state index in [0.717, 1.165) is 40.3 Å². The number of aromatic nitrogens is 2. The predicted molar refractivity (Wildman–Crippen MR) is 91.9 cm³/mol. The van der Waals surface area contributed by atoms with Gasteiger partial charge < -0.3 is 9.64 Å². The van der Waals surface area contributed by atoms with Crippen molar-refractivity contribution in [3.05, 3.63) is 16.2 Å². The highest BCUT2D eigenvalue weighted by atomic mass is 35.5. The van der Waals surface area contributed by atoms with E-state index in [-0.39, 0.29) is 11.3 Å². The maximum absolute atomic E-state index is 11.4. The zero-order valence-corrected chi connectivity index (χ0v) is 15.1. The Hall–Kier alpha value is -1.00. The molecule has 1 aliphatic heterocycles. The van der Waals surface area contributed by atoms with Gasteiger partial charge in [0.05, 0.1) is 30.9 Å². The van der Waals surface area contributed by atoms with Crippen molar-refractivity contribution in [2.45, 2.75) is 13.0 Å². The molecule has 0 amide bonds. The van der Waals surface area contributed by atoms with Crippen molar-refractivity contribution >= 4 is 49.0 Å². The first-order valence-corrected chi connectivity index (χ1v) is 10.2. The zero-order chi connectivity index (χ0) is 16.6. The molecule has 126 valence electrons. The fourth-order valence-electron chi connectivity index (χ4n) is 2.51. The Balaban J connectivity index is 2.01. The summed E-state index contributed by atoms with van der Waals surface area (Å²) >= 11 is 7.47. The van der Waals surface area contributed by atoms with Crippen LogP contribution in [0, 0.1) is 0 Å². The molecule has 1 N–H and O–H groups in total. The van der Waals surface area contributed by atoms with Crippen molar-refractivity contribution in [3.8, 4) is 0 Å². The molecular formula is C13H17ClN4O3S2. The lowest BCUT2D eigenvalue weighted by Crippen LogP contribution is -2.36. The maximum Gasteiger partial charge on any atom is 0.225 e. The van der Waals surface area contributed by atoms with Crippen LogP contribution in [0.1, 0.15) is 17.8 Å². The van der Waals surface area contributed by atoms with Crippen molar-refractivity contribution in [2.75, 3.05) is 37.5 Å². The Labute approximate surface area is 143 Å². The predicted octanol–water partition coefficient (Wildman–Crippen LogP) is 1.79. The minimum Gasteiger partial charge on any atom is -0.378 e. The summed E-state index contributed by atoms with van der Waals surface area (Å²) in [6, 6.07) is 1.60. The van der Waals surface area contributed by atoms with Gasteiger partial charge in [0.25, 0.3) is 0 Å². The molecule has 1 fully saturated rings. The van der Waals surface area contributed by atoms with Crippen LogP contribution in [0.3, 0.4) is 0 Å². The van der Waals surface area contributed by atoms with Crippen molar-refractivity contribution in [3.63, 3.8) is 0 Å². The minimum atomic E-state index is -3.28. The van der Waals surface area contributed by atoms with Crippen LogP contribution >= 0.6 is 22.9 Å². The number of halogens is 1. The maximum atomic E-state index is 11.4. The molecule has 0 radical (unpaired) electrons. The van der Waals surface area contributed by atoms with E-state index < -0.39 is 10.0 Å². The largest absolute Gasteiger partial charge is 0.378 e. The lowest BCUT2D eigenvalue weighted by molar-refractivity contribution is 0.122. The molecule has 0 saturated carbocycles. The summed E-state index contributed by atoms with van der Waals surface area (Å²) in [5.41, 5.74) is 0. The molecule has 7 nitrogen and oxygen atoms in total. The van der Waals surface area contributed by atoms with Crippen molar-refractivity contribution in [1.82, 2.24) is 14.7 Å². The Kier molecular flexibility index (Phi) is 4.75. The molecule has 2 aromatic heterocycles. The summed E-state index contributed by atoms with van der Waals surface area (Å²) in [7, 11) is -3.28. The lowest BCUT2D eigenvalue weighted by Gasteiger charge is -2.28. The smallest absolute Gasteiger partial charge is 0.225 e. The Morgan fingerprint density at radius 2 is 2.09 bits per heavy atom. The highest BCUT2D eigenvalue weighted by molar-refractivity contribution is 7.88. The summed E-state index contributed by atoms with van der Waals surface area (Å²) < 4.78 is 30.8. The second-order valence-electron chi connectivity index (χ2n) is 5.39. The third-order valence-electron chi connectivity index (χ3n) is 3.49. The first-order chi connectivity index (χ1) is 10.8. The molecule has 0 bridgehead atoms. The Morgan fingerprint density at radius 3 is 2.74 bits per heavy atom. The molecule has 1 unspecified atom stereocenters. The summed E-state index contributed by atoms with van der Waals surface area (Å²) in [6.45, 7) is 4.57. The third-order valence-corrected chi connectivity index (χ3v) is 5.66. The fraction of sp³-hybridized carbons (Fsp3) is 0.538. The van der Waals surface area contributed by atoms with E-state index in [1.165, 1.54) is 11.3 Å². The van der Waals surface area contributed by atoms with E-state index in [0.29, 0.717) is 13.2 Å². The zero-order valence-electron chi connectivity index (χ0n) is 12.7. The minimum absolute atomic E-state index is 0.191. The van der Waals surface area contributed by atoms with E-state index in [4.69, 9.17) is 16.3 Å². The molecule has 1 aliphatic rings. The molecule has 3 rings (SSSR count). The Morgan fingerprint density at radius 1 is 1.39 bits per heavy atom. The van der Waals surface area contributed by atoms with Gasteiger partial charge in [-0.1, -0.05) is 0 Å². The topological polar surface area (TPSA) is 84.4 Å². The molecule has 1 saturated heterocycles. The SMILES string of the molecule is CC(NS(C)(=O)=O)c1cc2c(N3CCOCC3)nc(Cl)nc2s1. The molecule has 10 heteroatoms. The van der Waals surface area contributed by atoms with Crippen LogP contribution in [0.25, 0.3) is 10.2 Å². The lowest BCUT2D eigenvalue weighted by atomic mass is 10.2. The van der Waals surface area contributed by atoms with Gasteiger partial charge in [0.1, 0.15) is 10.6 Å². The van der Waals surface area contributed by atoms with Crippen molar-refractivity contribution < 1.29 is 13.2 Å². The number of fused-ring (bicyclic) bond motifs is 1. The average Bonchev–Trinajstić information content (AvgIpc) is 2.89. The van der Waals surface area contributed by atoms with E-state index in [9.17, 15) is 8.42 Å². The van der Waals surface area contributed by atoms with Gasteiger partial charge >= 0.3 is 0 Å². The third kappa shape index (κ3) is 3.92. The first kappa shape index (κ1) is 16.8. The normalized spacial score (nSPS) is 17.6. The number of ether oxygens (including phenoxy) is 1. The number of anilines is 1. The van der Waals surface area contributed by atoms with Crippen LogP contribution in [0.5, 0.6) is 0 Å². The molecule has 0 spiro atoms. The van der Waals surface area contributed by atoms with E-state index >= 15 is 0 Å². The average molecular weight is 377 g/mol. The van der Waals surface area contributed by atoms with Crippen LogP contribution in [0.4, 0.5) is 5.82 Å². The molecule has 0 aliphatic carbocycles. The van der Waals surface area contributed by atoms with Crippen molar-refractivity contribution in [2.24, 2.45) is 0 Å². The van der Waals surface area contributed by atoms with Gasteiger partial charge in [-0.05, 0) is 24.6 Å². The van der Waals surface area contributed by atoms with Crippen LogP contribution in [0.15, 0.2) is 6.07 Å².